The predicted molar refractivity (Wildman–Crippen MR) is 79.7 cm³/mol. The van der Waals surface area contributed by atoms with E-state index in [-0.39, 0.29) is 19.3 Å². The van der Waals surface area contributed by atoms with Crippen LogP contribution < -0.4 is 9.47 Å². The van der Waals surface area contributed by atoms with Crippen molar-refractivity contribution in [3.05, 3.63) is 23.8 Å². The van der Waals surface area contributed by atoms with E-state index in [0.717, 1.165) is 42.7 Å². The highest BCUT2D eigenvalue weighted by Gasteiger charge is 2.42. The summed E-state index contributed by atoms with van der Waals surface area (Å²) >= 11 is 0. The van der Waals surface area contributed by atoms with Crippen molar-refractivity contribution in [3.8, 4) is 11.5 Å². The van der Waals surface area contributed by atoms with E-state index >= 15 is 0 Å². The van der Waals surface area contributed by atoms with E-state index in [2.05, 4.69) is 4.90 Å². The van der Waals surface area contributed by atoms with Crippen molar-refractivity contribution in [2.45, 2.75) is 44.2 Å². The van der Waals surface area contributed by atoms with Gasteiger partial charge in [-0.1, -0.05) is 6.07 Å². The van der Waals surface area contributed by atoms with Crippen molar-refractivity contribution in [1.29, 1.82) is 0 Å². The standard InChI is InChI=1S/C17H21NO4/c19-9-12-5-13-2-3-14(6-12)18(13)17(20)8-11-1-4-15-16(7-11)22-10-21-15/h1,4,7,12-14,19H,2-3,5-6,8-10H2/t12?,13-,14+. The monoisotopic (exact) mass is 303 g/mol. The van der Waals surface area contributed by atoms with Crippen LogP contribution in [0.1, 0.15) is 31.2 Å². The van der Waals surface area contributed by atoms with Crippen LogP contribution in [0.3, 0.4) is 0 Å². The van der Waals surface area contributed by atoms with Crippen molar-refractivity contribution in [3.63, 3.8) is 0 Å². The molecule has 0 saturated carbocycles. The molecule has 1 amide bonds. The molecule has 0 radical (unpaired) electrons. The lowest BCUT2D eigenvalue weighted by molar-refractivity contribution is -0.135. The molecule has 2 saturated heterocycles. The van der Waals surface area contributed by atoms with Crippen molar-refractivity contribution in [2.75, 3.05) is 13.4 Å². The number of carbonyl (C=O) groups excluding carboxylic acids is 1. The number of carbonyl (C=O) groups is 1. The molecule has 3 aliphatic rings. The second kappa shape index (κ2) is 5.47. The number of ether oxygens (including phenoxy) is 2. The Morgan fingerprint density at radius 3 is 2.64 bits per heavy atom. The van der Waals surface area contributed by atoms with Crippen LogP contribution in [0.15, 0.2) is 18.2 Å². The number of aliphatic hydroxyl groups is 1. The molecule has 3 heterocycles. The fraction of sp³-hybridized carbons (Fsp3) is 0.588. The third-order valence-electron chi connectivity index (χ3n) is 5.17. The Morgan fingerprint density at radius 1 is 1.18 bits per heavy atom. The molecule has 5 heteroatoms. The maximum Gasteiger partial charge on any atom is 0.231 e. The van der Waals surface area contributed by atoms with E-state index in [1.807, 2.05) is 18.2 Å². The third kappa shape index (κ3) is 2.33. The van der Waals surface area contributed by atoms with Crippen molar-refractivity contribution < 1.29 is 19.4 Å². The topological polar surface area (TPSA) is 59.0 Å². The molecule has 1 aromatic rings. The zero-order valence-corrected chi connectivity index (χ0v) is 12.5. The van der Waals surface area contributed by atoms with Crippen LogP contribution in [0.25, 0.3) is 0 Å². The minimum atomic E-state index is 0.197. The first kappa shape index (κ1) is 13.9. The van der Waals surface area contributed by atoms with E-state index in [1.165, 1.54) is 0 Å². The highest BCUT2D eigenvalue weighted by atomic mass is 16.7. The molecule has 0 aromatic heterocycles. The van der Waals surface area contributed by atoms with Gasteiger partial charge in [0.05, 0.1) is 6.42 Å². The maximum absolute atomic E-state index is 12.7. The van der Waals surface area contributed by atoms with Gasteiger partial charge in [0.25, 0.3) is 0 Å². The van der Waals surface area contributed by atoms with Gasteiger partial charge >= 0.3 is 0 Å². The molecule has 5 nitrogen and oxygen atoms in total. The quantitative estimate of drug-likeness (QED) is 0.923. The van der Waals surface area contributed by atoms with E-state index in [4.69, 9.17) is 9.47 Å². The fourth-order valence-corrected chi connectivity index (χ4v) is 4.16. The summed E-state index contributed by atoms with van der Waals surface area (Å²) in [5.74, 6) is 2.04. The molecular formula is C17H21NO4. The highest BCUT2D eigenvalue weighted by Crippen LogP contribution is 2.39. The second-order valence-electron chi connectivity index (χ2n) is 6.57. The molecule has 2 fully saturated rings. The molecule has 4 rings (SSSR count). The van der Waals surface area contributed by atoms with Gasteiger partial charge in [-0.05, 0) is 49.3 Å². The minimum absolute atomic E-state index is 0.197. The Labute approximate surface area is 129 Å². The minimum Gasteiger partial charge on any atom is -0.454 e. The lowest BCUT2D eigenvalue weighted by atomic mass is 9.91. The second-order valence-corrected chi connectivity index (χ2v) is 6.57. The number of rotatable bonds is 3. The van der Waals surface area contributed by atoms with Gasteiger partial charge < -0.3 is 19.5 Å². The van der Waals surface area contributed by atoms with Crippen LogP contribution in [-0.4, -0.2) is 41.4 Å². The first-order valence-corrected chi connectivity index (χ1v) is 8.05. The maximum atomic E-state index is 12.7. The summed E-state index contributed by atoms with van der Waals surface area (Å²) in [6.07, 6.45) is 4.45. The number of aliphatic hydroxyl groups excluding tert-OH is 1. The summed E-state index contributed by atoms with van der Waals surface area (Å²) in [5.41, 5.74) is 0.970. The number of nitrogens with zero attached hydrogens (tertiary/aromatic N) is 1. The summed E-state index contributed by atoms with van der Waals surface area (Å²) in [6.45, 7) is 0.503. The van der Waals surface area contributed by atoms with Crippen LogP contribution in [0.5, 0.6) is 11.5 Å². The van der Waals surface area contributed by atoms with Gasteiger partial charge in [0, 0.05) is 18.7 Å². The molecule has 2 bridgehead atoms. The van der Waals surface area contributed by atoms with E-state index < -0.39 is 0 Å². The fourth-order valence-electron chi connectivity index (χ4n) is 4.16. The van der Waals surface area contributed by atoms with E-state index in [0.29, 0.717) is 24.4 Å². The Bertz CT molecular complexity index is 574. The Hall–Kier alpha value is -1.75. The van der Waals surface area contributed by atoms with E-state index in [9.17, 15) is 9.90 Å². The number of benzene rings is 1. The molecule has 0 spiro atoms. The third-order valence-corrected chi connectivity index (χ3v) is 5.17. The van der Waals surface area contributed by atoms with Gasteiger partial charge in [0.1, 0.15) is 0 Å². The van der Waals surface area contributed by atoms with Gasteiger partial charge in [-0.2, -0.15) is 0 Å². The smallest absolute Gasteiger partial charge is 0.231 e. The first-order chi connectivity index (χ1) is 10.7. The van der Waals surface area contributed by atoms with Crippen molar-refractivity contribution in [2.24, 2.45) is 5.92 Å². The van der Waals surface area contributed by atoms with Gasteiger partial charge in [0.15, 0.2) is 11.5 Å². The molecular weight excluding hydrogens is 282 g/mol. The molecule has 22 heavy (non-hydrogen) atoms. The summed E-state index contributed by atoms with van der Waals surface area (Å²) in [4.78, 5) is 14.8. The van der Waals surface area contributed by atoms with Crippen LogP contribution in [0, 0.1) is 5.92 Å². The summed E-state index contributed by atoms with van der Waals surface area (Å²) < 4.78 is 10.7. The molecule has 3 atom stereocenters. The Morgan fingerprint density at radius 2 is 1.91 bits per heavy atom. The lowest BCUT2D eigenvalue weighted by Crippen LogP contribution is -2.47. The molecule has 0 aliphatic carbocycles. The Kier molecular flexibility index (Phi) is 3.45. The largest absolute Gasteiger partial charge is 0.454 e. The van der Waals surface area contributed by atoms with Gasteiger partial charge in [-0.15, -0.1) is 0 Å². The van der Waals surface area contributed by atoms with Crippen molar-refractivity contribution >= 4 is 5.91 Å². The Balaban J connectivity index is 1.47. The average molecular weight is 303 g/mol. The summed E-state index contributed by atoms with van der Waals surface area (Å²) in [6, 6.07) is 6.35. The first-order valence-electron chi connectivity index (χ1n) is 8.05. The number of fused-ring (bicyclic) bond motifs is 3. The van der Waals surface area contributed by atoms with Crippen LogP contribution in [-0.2, 0) is 11.2 Å². The zero-order valence-electron chi connectivity index (χ0n) is 12.5. The van der Waals surface area contributed by atoms with Gasteiger partial charge in [-0.25, -0.2) is 0 Å². The van der Waals surface area contributed by atoms with Gasteiger partial charge in [-0.3, -0.25) is 4.79 Å². The zero-order chi connectivity index (χ0) is 15.1. The lowest BCUT2D eigenvalue weighted by Gasteiger charge is -2.38. The predicted octanol–water partition coefficient (Wildman–Crippen LogP) is 1.72. The van der Waals surface area contributed by atoms with Crippen molar-refractivity contribution in [1.82, 2.24) is 4.90 Å². The number of hydrogen-bond acceptors (Lipinski definition) is 4. The molecule has 1 N–H and O–H groups in total. The van der Waals surface area contributed by atoms with Crippen LogP contribution >= 0.6 is 0 Å². The highest BCUT2D eigenvalue weighted by molar-refractivity contribution is 5.80. The SMILES string of the molecule is O=C(Cc1ccc2c(c1)OCO2)N1[C@@H]2CC[C@H]1CC(CO)C2. The number of hydrogen-bond donors (Lipinski definition) is 1. The summed E-state index contributed by atoms with van der Waals surface area (Å²) in [7, 11) is 0. The summed E-state index contributed by atoms with van der Waals surface area (Å²) in [5, 5.41) is 9.37. The van der Waals surface area contributed by atoms with Crippen LogP contribution in [0.2, 0.25) is 0 Å². The van der Waals surface area contributed by atoms with Crippen LogP contribution in [0.4, 0.5) is 0 Å². The average Bonchev–Trinajstić information content (AvgIpc) is 3.09. The van der Waals surface area contributed by atoms with E-state index in [1.54, 1.807) is 0 Å². The molecule has 1 aromatic carbocycles. The molecule has 3 aliphatic heterocycles. The number of amides is 1. The molecule has 118 valence electrons. The molecule has 1 unspecified atom stereocenters. The number of piperidine rings is 1. The van der Waals surface area contributed by atoms with Gasteiger partial charge in [0.2, 0.25) is 12.7 Å². The normalized spacial score (nSPS) is 29.0.